The SMILES string of the molecule is CC1CCCCC1OCCNCC(C)(C)C.Cl. The van der Waals surface area contributed by atoms with Gasteiger partial charge in [-0.05, 0) is 24.2 Å². The molecule has 2 unspecified atom stereocenters. The Hall–Kier alpha value is 0.210. The highest BCUT2D eigenvalue weighted by molar-refractivity contribution is 5.85. The predicted octanol–water partition coefficient (Wildman–Crippen LogP) is 3.64. The molecule has 1 rings (SSSR count). The molecule has 0 spiro atoms. The third-order valence-electron chi connectivity index (χ3n) is 3.30. The first-order valence-electron chi connectivity index (χ1n) is 6.81. The van der Waals surface area contributed by atoms with Crippen LogP contribution in [0.3, 0.4) is 0 Å². The van der Waals surface area contributed by atoms with Gasteiger partial charge >= 0.3 is 0 Å². The van der Waals surface area contributed by atoms with Gasteiger partial charge in [0.25, 0.3) is 0 Å². The molecule has 2 atom stereocenters. The summed E-state index contributed by atoms with van der Waals surface area (Å²) in [6.45, 7) is 12.0. The molecule has 0 radical (unpaired) electrons. The molecule has 1 N–H and O–H groups in total. The molecule has 104 valence electrons. The molecule has 1 aliphatic carbocycles. The molecular weight excluding hydrogens is 234 g/mol. The van der Waals surface area contributed by atoms with Crippen LogP contribution >= 0.6 is 12.4 Å². The van der Waals surface area contributed by atoms with Crippen LogP contribution in [-0.4, -0.2) is 25.8 Å². The minimum absolute atomic E-state index is 0. The van der Waals surface area contributed by atoms with Gasteiger partial charge in [0.05, 0.1) is 12.7 Å². The van der Waals surface area contributed by atoms with Crippen LogP contribution in [-0.2, 0) is 4.74 Å². The fraction of sp³-hybridized carbons (Fsp3) is 1.00. The number of rotatable bonds is 5. The van der Waals surface area contributed by atoms with E-state index in [-0.39, 0.29) is 12.4 Å². The first-order valence-corrected chi connectivity index (χ1v) is 6.81. The predicted molar refractivity (Wildman–Crippen MR) is 76.9 cm³/mol. The van der Waals surface area contributed by atoms with E-state index >= 15 is 0 Å². The summed E-state index contributed by atoms with van der Waals surface area (Å²) < 4.78 is 5.95. The summed E-state index contributed by atoms with van der Waals surface area (Å²) in [4.78, 5) is 0. The van der Waals surface area contributed by atoms with Crippen molar-refractivity contribution in [3.05, 3.63) is 0 Å². The van der Waals surface area contributed by atoms with E-state index in [1.165, 1.54) is 25.7 Å². The van der Waals surface area contributed by atoms with Gasteiger partial charge in [0.15, 0.2) is 0 Å². The number of hydrogen-bond donors (Lipinski definition) is 1. The second-order valence-corrected chi connectivity index (χ2v) is 6.41. The van der Waals surface area contributed by atoms with Gasteiger partial charge in [-0.2, -0.15) is 0 Å². The second-order valence-electron chi connectivity index (χ2n) is 6.41. The van der Waals surface area contributed by atoms with Gasteiger partial charge in [0.1, 0.15) is 0 Å². The zero-order chi connectivity index (χ0) is 12.0. The fourth-order valence-corrected chi connectivity index (χ4v) is 2.28. The van der Waals surface area contributed by atoms with Crippen LogP contribution in [0.4, 0.5) is 0 Å². The van der Waals surface area contributed by atoms with E-state index < -0.39 is 0 Å². The van der Waals surface area contributed by atoms with Crippen LogP contribution in [0.1, 0.15) is 53.4 Å². The molecule has 0 heterocycles. The van der Waals surface area contributed by atoms with Gasteiger partial charge in [-0.1, -0.05) is 40.5 Å². The van der Waals surface area contributed by atoms with E-state index in [0.29, 0.717) is 11.5 Å². The lowest BCUT2D eigenvalue weighted by Gasteiger charge is -2.29. The minimum Gasteiger partial charge on any atom is -0.377 e. The molecule has 0 aliphatic heterocycles. The van der Waals surface area contributed by atoms with E-state index in [9.17, 15) is 0 Å². The Morgan fingerprint density at radius 3 is 2.41 bits per heavy atom. The third-order valence-corrected chi connectivity index (χ3v) is 3.30. The molecule has 3 heteroatoms. The highest BCUT2D eigenvalue weighted by Gasteiger charge is 2.21. The van der Waals surface area contributed by atoms with Crippen molar-refractivity contribution < 1.29 is 4.74 Å². The molecule has 0 aromatic carbocycles. The van der Waals surface area contributed by atoms with Crippen molar-refractivity contribution >= 4 is 12.4 Å². The second kappa shape index (κ2) is 8.34. The van der Waals surface area contributed by atoms with Gasteiger partial charge in [-0.25, -0.2) is 0 Å². The third kappa shape index (κ3) is 8.01. The molecule has 17 heavy (non-hydrogen) atoms. The van der Waals surface area contributed by atoms with Crippen LogP contribution in [0.15, 0.2) is 0 Å². The summed E-state index contributed by atoms with van der Waals surface area (Å²) in [7, 11) is 0. The number of hydrogen-bond acceptors (Lipinski definition) is 2. The lowest BCUT2D eigenvalue weighted by Crippen LogP contribution is -2.32. The van der Waals surface area contributed by atoms with Crippen LogP contribution in [0.5, 0.6) is 0 Å². The van der Waals surface area contributed by atoms with Crippen LogP contribution in [0.2, 0.25) is 0 Å². The smallest absolute Gasteiger partial charge is 0.0601 e. The monoisotopic (exact) mass is 263 g/mol. The molecule has 1 fully saturated rings. The number of ether oxygens (including phenoxy) is 1. The van der Waals surface area contributed by atoms with Crippen LogP contribution in [0, 0.1) is 11.3 Å². The van der Waals surface area contributed by atoms with E-state index in [1.54, 1.807) is 0 Å². The summed E-state index contributed by atoms with van der Waals surface area (Å²) in [5.41, 5.74) is 0.373. The summed E-state index contributed by atoms with van der Waals surface area (Å²) in [6.07, 6.45) is 5.87. The fourth-order valence-electron chi connectivity index (χ4n) is 2.28. The van der Waals surface area contributed by atoms with E-state index in [1.807, 2.05) is 0 Å². The highest BCUT2D eigenvalue weighted by Crippen LogP contribution is 2.25. The molecule has 0 aromatic heterocycles. The van der Waals surface area contributed by atoms with Crippen molar-refractivity contribution in [2.45, 2.75) is 59.5 Å². The average Bonchev–Trinajstić information content (AvgIpc) is 2.18. The molecule has 1 aliphatic rings. The van der Waals surface area contributed by atoms with E-state index in [2.05, 4.69) is 33.0 Å². The maximum Gasteiger partial charge on any atom is 0.0601 e. The Labute approximate surface area is 113 Å². The van der Waals surface area contributed by atoms with Crippen molar-refractivity contribution in [1.82, 2.24) is 5.32 Å². The van der Waals surface area contributed by atoms with Crippen molar-refractivity contribution in [1.29, 1.82) is 0 Å². The molecule has 0 aromatic rings. The summed E-state index contributed by atoms with van der Waals surface area (Å²) in [5.74, 6) is 0.761. The molecule has 0 saturated heterocycles. The lowest BCUT2D eigenvalue weighted by molar-refractivity contribution is -0.00354. The van der Waals surface area contributed by atoms with Crippen molar-refractivity contribution in [3.8, 4) is 0 Å². The van der Waals surface area contributed by atoms with Gasteiger partial charge in [-0.15, -0.1) is 12.4 Å². The van der Waals surface area contributed by atoms with E-state index in [0.717, 1.165) is 25.6 Å². The molecule has 2 nitrogen and oxygen atoms in total. The first-order chi connectivity index (χ1) is 7.49. The molecular formula is C14H30ClNO. The summed E-state index contributed by atoms with van der Waals surface area (Å²) in [6, 6.07) is 0. The van der Waals surface area contributed by atoms with Gasteiger partial charge in [-0.3, -0.25) is 0 Å². The standard InChI is InChI=1S/C14H29NO.ClH/c1-12-7-5-6-8-13(12)16-10-9-15-11-14(2,3)4;/h12-13,15H,5-11H2,1-4H3;1H. The van der Waals surface area contributed by atoms with Crippen molar-refractivity contribution in [3.63, 3.8) is 0 Å². The zero-order valence-electron chi connectivity index (χ0n) is 11.9. The Morgan fingerprint density at radius 1 is 1.18 bits per heavy atom. The van der Waals surface area contributed by atoms with Gasteiger partial charge < -0.3 is 10.1 Å². The Balaban J connectivity index is 0.00000256. The normalized spacial score (nSPS) is 25.4. The van der Waals surface area contributed by atoms with Gasteiger partial charge in [0.2, 0.25) is 0 Å². The molecule has 1 saturated carbocycles. The first kappa shape index (κ1) is 17.2. The number of halogens is 1. The maximum absolute atomic E-state index is 5.95. The maximum atomic E-state index is 5.95. The topological polar surface area (TPSA) is 21.3 Å². The number of nitrogens with one attached hydrogen (secondary N) is 1. The van der Waals surface area contributed by atoms with Crippen molar-refractivity contribution in [2.75, 3.05) is 19.7 Å². The average molecular weight is 264 g/mol. The highest BCUT2D eigenvalue weighted by atomic mass is 35.5. The van der Waals surface area contributed by atoms with Gasteiger partial charge in [0, 0.05) is 13.1 Å². The lowest BCUT2D eigenvalue weighted by atomic mass is 9.88. The van der Waals surface area contributed by atoms with E-state index in [4.69, 9.17) is 4.74 Å². The zero-order valence-corrected chi connectivity index (χ0v) is 12.7. The Kier molecular flexibility index (Phi) is 8.44. The molecule has 0 amide bonds. The summed E-state index contributed by atoms with van der Waals surface area (Å²) in [5, 5.41) is 3.45. The van der Waals surface area contributed by atoms with Crippen LogP contribution < -0.4 is 5.32 Å². The van der Waals surface area contributed by atoms with Crippen molar-refractivity contribution in [2.24, 2.45) is 11.3 Å². The summed E-state index contributed by atoms with van der Waals surface area (Å²) >= 11 is 0. The Bertz CT molecular complexity index is 191. The Morgan fingerprint density at radius 2 is 1.82 bits per heavy atom. The molecule has 0 bridgehead atoms. The van der Waals surface area contributed by atoms with Crippen LogP contribution in [0.25, 0.3) is 0 Å². The largest absolute Gasteiger partial charge is 0.377 e. The quantitative estimate of drug-likeness (QED) is 0.765. The minimum atomic E-state index is 0.